The Morgan fingerprint density at radius 1 is 1.16 bits per heavy atom. The molecule has 0 aliphatic heterocycles. The molecule has 6 heteroatoms. The molecule has 2 aromatic carbocycles. The summed E-state index contributed by atoms with van der Waals surface area (Å²) in [5.74, 6) is 0.897. The standard InChI is InChI=1S/C19H19F3O2S/c1-11-8-17(15(9-18(11)25)19(20,21)22)24-10-14-13(12-6-7-12)4-3-5-16(14)23-2/h3-5,8-9,12,25H,6-7,10H2,1-2H3. The SMILES string of the molecule is COc1cccc(C2CC2)c1COc1cc(C)c(S)cc1C(F)(F)F. The molecule has 1 aliphatic carbocycles. The van der Waals surface area contributed by atoms with Crippen LogP contribution in [0.5, 0.6) is 11.5 Å². The Bertz CT molecular complexity index is 783. The molecule has 0 spiro atoms. The number of hydrogen-bond donors (Lipinski definition) is 1. The van der Waals surface area contributed by atoms with Crippen LogP contribution in [0.1, 0.15) is 41.0 Å². The highest BCUT2D eigenvalue weighted by Gasteiger charge is 2.35. The zero-order valence-corrected chi connectivity index (χ0v) is 14.9. The Morgan fingerprint density at radius 3 is 2.48 bits per heavy atom. The van der Waals surface area contributed by atoms with E-state index >= 15 is 0 Å². The number of hydrogen-bond acceptors (Lipinski definition) is 3. The molecule has 0 aromatic heterocycles. The fourth-order valence-corrected chi connectivity index (χ4v) is 3.06. The quantitative estimate of drug-likeness (QED) is 0.676. The Morgan fingerprint density at radius 2 is 1.88 bits per heavy atom. The predicted octanol–water partition coefficient (Wildman–Crippen LogP) is 5.77. The maximum absolute atomic E-state index is 13.3. The van der Waals surface area contributed by atoms with Crippen LogP contribution in [0, 0.1) is 6.92 Å². The van der Waals surface area contributed by atoms with Crippen LogP contribution in [0.15, 0.2) is 35.2 Å². The summed E-state index contributed by atoms with van der Waals surface area (Å²) in [6.07, 6.45) is -2.33. The van der Waals surface area contributed by atoms with Gasteiger partial charge in [-0.05, 0) is 55.0 Å². The van der Waals surface area contributed by atoms with Crippen LogP contribution in [0.4, 0.5) is 13.2 Å². The highest BCUT2D eigenvalue weighted by molar-refractivity contribution is 7.80. The topological polar surface area (TPSA) is 18.5 Å². The van der Waals surface area contributed by atoms with Gasteiger partial charge in [0.15, 0.2) is 0 Å². The third-order valence-corrected chi connectivity index (χ3v) is 4.86. The molecular weight excluding hydrogens is 349 g/mol. The van der Waals surface area contributed by atoms with E-state index in [0.717, 1.165) is 30.0 Å². The largest absolute Gasteiger partial charge is 0.496 e. The highest BCUT2D eigenvalue weighted by atomic mass is 32.1. The van der Waals surface area contributed by atoms with Gasteiger partial charge < -0.3 is 9.47 Å². The lowest BCUT2D eigenvalue weighted by atomic mass is 10.0. The number of alkyl halides is 3. The van der Waals surface area contributed by atoms with E-state index in [-0.39, 0.29) is 17.3 Å². The first-order chi connectivity index (χ1) is 11.8. The van der Waals surface area contributed by atoms with Crippen LogP contribution in [0.3, 0.4) is 0 Å². The molecule has 0 N–H and O–H groups in total. The lowest BCUT2D eigenvalue weighted by Gasteiger charge is -2.18. The smallest absolute Gasteiger partial charge is 0.420 e. The second-order valence-corrected chi connectivity index (χ2v) is 6.71. The van der Waals surface area contributed by atoms with E-state index < -0.39 is 11.7 Å². The fourth-order valence-electron chi connectivity index (χ4n) is 2.87. The van der Waals surface area contributed by atoms with Gasteiger partial charge in [0.05, 0.1) is 12.7 Å². The van der Waals surface area contributed by atoms with Crippen LogP contribution >= 0.6 is 12.6 Å². The molecule has 134 valence electrons. The summed E-state index contributed by atoms with van der Waals surface area (Å²) in [4.78, 5) is 0.288. The first-order valence-electron chi connectivity index (χ1n) is 8.00. The van der Waals surface area contributed by atoms with Crippen molar-refractivity contribution in [3.63, 3.8) is 0 Å². The van der Waals surface area contributed by atoms with E-state index in [9.17, 15) is 13.2 Å². The van der Waals surface area contributed by atoms with Gasteiger partial charge in [-0.15, -0.1) is 12.6 Å². The van der Waals surface area contributed by atoms with Crippen molar-refractivity contribution in [1.82, 2.24) is 0 Å². The van der Waals surface area contributed by atoms with Crippen LogP contribution in [0.25, 0.3) is 0 Å². The summed E-state index contributed by atoms with van der Waals surface area (Å²) in [5, 5.41) is 0. The minimum atomic E-state index is -4.50. The van der Waals surface area contributed by atoms with E-state index in [0.29, 0.717) is 17.2 Å². The summed E-state index contributed by atoms with van der Waals surface area (Å²) < 4.78 is 50.9. The van der Waals surface area contributed by atoms with E-state index in [1.807, 2.05) is 12.1 Å². The van der Waals surface area contributed by atoms with Crippen molar-refractivity contribution in [1.29, 1.82) is 0 Å². The Labute approximate surface area is 150 Å². The minimum Gasteiger partial charge on any atom is -0.496 e. The fraction of sp³-hybridized carbons (Fsp3) is 0.368. The van der Waals surface area contributed by atoms with E-state index in [2.05, 4.69) is 12.6 Å². The highest BCUT2D eigenvalue weighted by Crippen LogP contribution is 2.44. The molecule has 2 nitrogen and oxygen atoms in total. The van der Waals surface area contributed by atoms with E-state index in [1.54, 1.807) is 20.1 Å². The van der Waals surface area contributed by atoms with Gasteiger partial charge in [0.25, 0.3) is 0 Å². The van der Waals surface area contributed by atoms with Crippen LogP contribution < -0.4 is 9.47 Å². The number of rotatable bonds is 5. The number of halogens is 3. The number of methoxy groups -OCH3 is 1. The Kier molecular flexibility index (Phi) is 4.91. The minimum absolute atomic E-state index is 0.0320. The lowest BCUT2D eigenvalue weighted by Crippen LogP contribution is -2.10. The van der Waals surface area contributed by atoms with Gasteiger partial charge in [-0.25, -0.2) is 0 Å². The van der Waals surface area contributed by atoms with Crippen molar-refractivity contribution in [3.8, 4) is 11.5 Å². The van der Waals surface area contributed by atoms with Gasteiger partial charge in [0.2, 0.25) is 0 Å². The van der Waals surface area contributed by atoms with Gasteiger partial charge in [-0.3, -0.25) is 0 Å². The zero-order valence-electron chi connectivity index (χ0n) is 14.0. The second-order valence-electron chi connectivity index (χ2n) is 6.22. The van der Waals surface area contributed by atoms with Crippen LogP contribution in [-0.4, -0.2) is 7.11 Å². The van der Waals surface area contributed by atoms with E-state index in [1.165, 1.54) is 6.07 Å². The predicted molar refractivity (Wildman–Crippen MR) is 92.7 cm³/mol. The molecule has 1 fully saturated rings. The monoisotopic (exact) mass is 368 g/mol. The van der Waals surface area contributed by atoms with Gasteiger partial charge in [0.1, 0.15) is 18.1 Å². The molecule has 1 aliphatic rings. The molecule has 25 heavy (non-hydrogen) atoms. The molecule has 0 amide bonds. The number of ether oxygens (including phenoxy) is 2. The maximum Gasteiger partial charge on any atom is 0.420 e. The molecule has 1 saturated carbocycles. The van der Waals surface area contributed by atoms with Crippen molar-refractivity contribution in [2.45, 2.75) is 43.4 Å². The molecule has 2 aromatic rings. The van der Waals surface area contributed by atoms with Crippen molar-refractivity contribution >= 4 is 12.6 Å². The lowest BCUT2D eigenvalue weighted by molar-refractivity contribution is -0.139. The summed E-state index contributed by atoms with van der Waals surface area (Å²) in [5.41, 5.74) is 1.73. The molecule has 3 rings (SSSR count). The number of benzene rings is 2. The van der Waals surface area contributed by atoms with Crippen molar-refractivity contribution in [2.24, 2.45) is 0 Å². The summed E-state index contributed by atoms with van der Waals surface area (Å²) >= 11 is 4.09. The molecular formula is C19H19F3O2S. The summed E-state index contributed by atoms with van der Waals surface area (Å²) in [7, 11) is 1.55. The molecule has 0 radical (unpaired) electrons. The normalized spacial score (nSPS) is 14.5. The van der Waals surface area contributed by atoms with Crippen LogP contribution in [-0.2, 0) is 12.8 Å². The molecule has 0 bridgehead atoms. The maximum atomic E-state index is 13.3. The van der Waals surface area contributed by atoms with Gasteiger partial charge in [0, 0.05) is 10.5 Å². The Hall–Kier alpha value is -1.82. The Balaban J connectivity index is 1.94. The van der Waals surface area contributed by atoms with Crippen molar-refractivity contribution < 1.29 is 22.6 Å². The summed E-state index contributed by atoms with van der Waals surface area (Å²) in [6.45, 7) is 1.73. The van der Waals surface area contributed by atoms with Crippen LogP contribution in [0.2, 0.25) is 0 Å². The van der Waals surface area contributed by atoms with Crippen molar-refractivity contribution in [2.75, 3.05) is 7.11 Å². The average molecular weight is 368 g/mol. The van der Waals surface area contributed by atoms with Gasteiger partial charge in [-0.1, -0.05) is 12.1 Å². The summed E-state index contributed by atoms with van der Waals surface area (Å²) in [6, 6.07) is 8.09. The van der Waals surface area contributed by atoms with Crippen molar-refractivity contribution in [3.05, 3.63) is 52.6 Å². The first kappa shape index (κ1) is 18.0. The van der Waals surface area contributed by atoms with Gasteiger partial charge in [-0.2, -0.15) is 13.2 Å². The molecule has 0 atom stereocenters. The average Bonchev–Trinajstić information content (AvgIpc) is 3.39. The molecule has 0 saturated heterocycles. The molecule has 0 unspecified atom stereocenters. The first-order valence-corrected chi connectivity index (χ1v) is 8.45. The number of thiol groups is 1. The van der Waals surface area contributed by atoms with E-state index in [4.69, 9.17) is 9.47 Å². The molecule has 0 heterocycles. The zero-order chi connectivity index (χ0) is 18.2. The van der Waals surface area contributed by atoms with Gasteiger partial charge >= 0.3 is 6.18 Å². The second kappa shape index (κ2) is 6.83. The number of aryl methyl sites for hydroxylation is 1. The third kappa shape index (κ3) is 3.89. The third-order valence-electron chi connectivity index (χ3n) is 4.38.